The first-order chi connectivity index (χ1) is 18.4. The SMILES string of the molecule is Cc1ccc(O)c(CN(Cc2ccccn2)C2CC(C)(C)NC(C)(C)C2)c1.O=C(O)CC(O)(CC(=O)O)C(=O)O. The number of carboxylic acids is 3. The van der Waals surface area contributed by atoms with Crippen LogP contribution in [-0.4, -0.2) is 76.0 Å². The number of phenols is 1. The van der Waals surface area contributed by atoms with Crippen molar-refractivity contribution in [3.05, 3.63) is 59.4 Å². The molecule has 6 N–H and O–H groups in total. The maximum Gasteiger partial charge on any atom is 0.336 e. The van der Waals surface area contributed by atoms with Gasteiger partial charge in [-0.25, -0.2) is 4.79 Å². The number of aliphatic carboxylic acids is 3. The Balaban J connectivity index is 0.000000366. The van der Waals surface area contributed by atoms with Crippen LogP contribution >= 0.6 is 0 Å². The number of benzene rings is 1. The normalized spacial score (nSPS) is 16.6. The Labute approximate surface area is 234 Å². The largest absolute Gasteiger partial charge is 0.508 e. The summed E-state index contributed by atoms with van der Waals surface area (Å²) in [5, 5.41) is 48.0. The fourth-order valence-electron chi connectivity index (χ4n) is 5.31. The highest BCUT2D eigenvalue weighted by molar-refractivity contribution is 5.88. The number of hydrogen-bond donors (Lipinski definition) is 6. The number of carbonyl (C=O) groups is 3. The van der Waals surface area contributed by atoms with Crippen molar-refractivity contribution in [2.24, 2.45) is 0 Å². The first-order valence-electron chi connectivity index (χ1n) is 13.0. The number of nitrogens with one attached hydrogen (secondary N) is 1. The van der Waals surface area contributed by atoms with Gasteiger partial charge in [0.1, 0.15) is 5.75 Å². The number of aromatic hydroxyl groups is 1. The number of aryl methyl sites for hydroxylation is 1. The molecule has 0 radical (unpaired) electrons. The number of carboxylic acid groups (broad SMARTS) is 3. The monoisotopic (exact) mass is 559 g/mol. The molecule has 0 amide bonds. The molecule has 1 aliphatic heterocycles. The van der Waals surface area contributed by atoms with E-state index in [1.807, 2.05) is 24.4 Å². The molecule has 1 aliphatic rings. The predicted molar refractivity (Wildman–Crippen MR) is 148 cm³/mol. The van der Waals surface area contributed by atoms with E-state index in [-0.39, 0.29) is 11.1 Å². The van der Waals surface area contributed by atoms with E-state index in [0.29, 0.717) is 11.8 Å². The Kier molecular flexibility index (Phi) is 10.8. The topological polar surface area (TPSA) is 181 Å². The van der Waals surface area contributed by atoms with E-state index < -0.39 is 36.4 Å². The van der Waals surface area contributed by atoms with Gasteiger partial charge in [0.05, 0.1) is 18.5 Å². The number of rotatable bonds is 10. The number of phenolic OH excluding ortho intramolecular Hbond substituents is 1. The fraction of sp³-hybridized carbons (Fsp3) is 0.517. The minimum atomic E-state index is -2.74. The van der Waals surface area contributed by atoms with Crippen LogP contribution in [0.4, 0.5) is 0 Å². The summed E-state index contributed by atoms with van der Waals surface area (Å²) in [7, 11) is 0. The molecule has 0 bridgehead atoms. The molecule has 11 nitrogen and oxygen atoms in total. The number of pyridine rings is 1. The van der Waals surface area contributed by atoms with Crippen LogP contribution in [0.5, 0.6) is 5.75 Å². The lowest BCUT2D eigenvalue weighted by Gasteiger charge is -2.49. The van der Waals surface area contributed by atoms with Gasteiger partial charge in [0, 0.05) is 42.0 Å². The zero-order valence-electron chi connectivity index (χ0n) is 23.7. The van der Waals surface area contributed by atoms with Gasteiger partial charge in [-0.1, -0.05) is 23.8 Å². The molecule has 40 heavy (non-hydrogen) atoms. The maximum atomic E-state index is 10.4. The van der Waals surface area contributed by atoms with Crippen molar-refractivity contribution in [3.63, 3.8) is 0 Å². The lowest BCUT2D eigenvalue weighted by Crippen LogP contribution is -2.62. The van der Waals surface area contributed by atoms with Gasteiger partial charge in [0.15, 0.2) is 5.60 Å². The molecule has 3 rings (SSSR count). The first-order valence-corrected chi connectivity index (χ1v) is 13.0. The van der Waals surface area contributed by atoms with Crippen LogP contribution in [0.25, 0.3) is 0 Å². The summed E-state index contributed by atoms with van der Waals surface area (Å²) in [4.78, 5) is 37.5. The van der Waals surface area contributed by atoms with Gasteiger partial charge in [0.25, 0.3) is 0 Å². The molecular formula is C29H41N3O8. The fourth-order valence-corrected chi connectivity index (χ4v) is 5.31. The van der Waals surface area contributed by atoms with Crippen LogP contribution in [0, 0.1) is 6.92 Å². The Morgan fingerprint density at radius 3 is 2.02 bits per heavy atom. The van der Waals surface area contributed by atoms with Gasteiger partial charge >= 0.3 is 17.9 Å². The molecule has 11 heteroatoms. The quantitative estimate of drug-likeness (QED) is 0.252. The van der Waals surface area contributed by atoms with Gasteiger partial charge in [-0.2, -0.15) is 0 Å². The van der Waals surface area contributed by atoms with Crippen molar-refractivity contribution < 1.29 is 39.9 Å². The van der Waals surface area contributed by atoms with Gasteiger partial charge in [-0.05, 0) is 65.7 Å². The van der Waals surface area contributed by atoms with E-state index in [9.17, 15) is 19.5 Å². The molecule has 0 spiro atoms. The minimum Gasteiger partial charge on any atom is -0.508 e. The lowest BCUT2D eigenvalue weighted by molar-refractivity contribution is -0.170. The molecule has 1 aromatic carbocycles. The summed E-state index contributed by atoms with van der Waals surface area (Å²) < 4.78 is 0. The van der Waals surface area contributed by atoms with Crippen LogP contribution in [0.3, 0.4) is 0 Å². The number of aromatic nitrogens is 1. The second kappa shape index (κ2) is 13.2. The van der Waals surface area contributed by atoms with Crippen LogP contribution in [0.2, 0.25) is 0 Å². The van der Waals surface area contributed by atoms with E-state index in [0.717, 1.165) is 37.2 Å². The van der Waals surface area contributed by atoms with Crippen molar-refractivity contribution in [2.75, 3.05) is 0 Å². The highest BCUT2D eigenvalue weighted by atomic mass is 16.4. The van der Waals surface area contributed by atoms with Crippen molar-refractivity contribution in [1.82, 2.24) is 15.2 Å². The second-order valence-corrected chi connectivity index (χ2v) is 11.8. The highest BCUT2D eigenvalue weighted by Crippen LogP contribution is 2.34. The third kappa shape index (κ3) is 10.2. The Morgan fingerprint density at radius 2 is 1.55 bits per heavy atom. The summed E-state index contributed by atoms with van der Waals surface area (Å²) in [5.41, 5.74) is 0.635. The number of piperidine rings is 1. The van der Waals surface area contributed by atoms with E-state index in [4.69, 9.17) is 20.4 Å². The lowest BCUT2D eigenvalue weighted by atomic mass is 9.79. The van der Waals surface area contributed by atoms with Crippen LogP contribution in [0.15, 0.2) is 42.6 Å². The molecule has 1 fully saturated rings. The predicted octanol–water partition coefficient (Wildman–Crippen LogP) is 3.16. The number of hydrogen-bond acceptors (Lipinski definition) is 8. The van der Waals surface area contributed by atoms with Gasteiger partial charge in [0.2, 0.25) is 0 Å². The Bertz CT molecular complexity index is 1150. The third-order valence-electron chi connectivity index (χ3n) is 6.67. The van der Waals surface area contributed by atoms with Crippen LogP contribution in [-0.2, 0) is 27.5 Å². The Hall–Kier alpha value is -3.54. The van der Waals surface area contributed by atoms with Crippen molar-refractivity contribution in [1.29, 1.82) is 0 Å². The average Bonchev–Trinajstić information content (AvgIpc) is 2.79. The molecule has 1 saturated heterocycles. The summed E-state index contributed by atoms with van der Waals surface area (Å²) in [6, 6.07) is 12.4. The third-order valence-corrected chi connectivity index (χ3v) is 6.67. The van der Waals surface area contributed by atoms with E-state index in [2.05, 4.69) is 62.0 Å². The first kappa shape index (κ1) is 32.7. The van der Waals surface area contributed by atoms with Gasteiger partial charge in [-0.3, -0.25) is 19.5 Å². The molecule has 2 heterocycles. The van der Waals surface area contributed by atoms with E-state index in [1.54, 1.807) is 6.07 Å². The molecule has 0 saturated carbocycles. The molecular weight excluding hydrogens is 518 g/mol. The minimum absolute atomic E-state index is 0.0728. The van der Waals surface area contributed by atoms with Crippen LogP contribution in [0.1, 0.15) is 70.2 Å². The summed E-state index contributed by atoms with van der Waals surface area (Å²) >= 11 is 0. The second-order valence-electron chi connectivity index (χ2n) is 11.8. The maximum absolute atomic E-state index is 10.4. The summed E-state index contributed by atoms with van der Waals surface area (Å²) in [5.74, 6) is -4.64. The van der Waals surface area contributed by atoms with Crippen molar-refractivity contribution in [3.8, 4) is 5.75 Å². The molecule has 1 aromatic heterocycles. The standard InChI is InChI=1S/C23H33N3O.C6H8O7/c1-17-9-10-21(27)18(12-17)15-26(16-19-8-6-7-11-24-19)20-13-22(2,3)25-23(4,5)14-20;7-3(8)1-6(13,5(11)12)2-4(9)10/h6-12,20,25,27H,13-16H2,1-5H3;13H,1-2H2,(H,7,8)(H,9,10)(H,11,12). The Morgan fingerprint density at radius 1 is 0.975 bits per heavy atom. The smallest absolute Gasteiger partial charge is 0.336 e. The molecule has 0 aliphatic carbocycles. The summed E-state index contributed by atoms with van der Waals surface area (Å²) in [6.45, 7) is 12.7. The molecule has 2 aromatic rings. The zero-order chi connectivity index (χ0) is 30.3. The van der Waals surface area contributed by atoms with Crippen molar-refractivity contribution in [2.45, 2.75) is 96.1 Å². The van der Waals surface area contributed by atoms with Gasteiger partial charge < -0.3 is 30.8 Å². The molecule has 0 unspecified atom stereocenters. The number of aliphatic hydroxyl groups is 1. The zero-order valence-corrected chi connectivity index (χ0v) is 23.7. The highest BCUT2D eigenvalue weighted by Gasteiger charge is 2.41. The summed E-state index contributed by atoms with van der Waals surface area (Å²) in [6.07, 6.45) is 1.70. The number of nitrogens with zero attached hydrogens (tertiary/aromatic N) is 2. The van der Waals surface area contributed by atoms with Gasteiger partial charge in [-0.15, -0.1) is 0 Å². The molecule has 0 atom stereocenters. The van der Waals surface area contributed by atoms with E-state index in [1.165, 1.54) is 5.56 Å². The molecule has 220 valence electrons. The van der Waals surface area contributed by atoms with Crippen molar-refractivity contribution >= 4 is 17.9 Å². The van der Waals surface area contributed by atoms with E-state index >= 15 is 0 Å². The van der Waals surface area contributed by atoms with Crippen LogP contribution < -0.4 is 5.32 Å². The average molecular weight is 560 g/mol.